The molecule has 3 rings (SSSR count). The Bertz CT molecular complexity index is 1070. The fourth-order valence-corrected chi connectivity index (χ4v) is 7.05. The van der Waals surface area contributed by atoms with Crippen molar-refractivity contribution in [2.45, 2.75) is 130 Å². The van der Waals surface area contributed by atoms with Gasteiger partial charge in [-0.2, -0.15) is 0 Å². The molecule has 1 aromatic rings. The van der Waals surface area contributed by atoms with E-state index in [0.29, 0.717) is 19.6 Å². The smallest absolute Gasteiger partial charge is 0.422 e. The Morgan fingerprint density at radius 1 is 0.921 bits per heavy atom. The predicted molar refractivity (Wildman–Crippen MR) is 160 cm³/mol. The van der Waals surface area contributed by atoms with Gasteiger partial charge < -0.3 is 18.3 Å². The summed E-state index contributed by atoms with van der Waals surface area (Å²) in [6.07, 6.45) is 0.450. The maximum absolute atomic E-state index is 12.9. The summed E-state index contributed by atoms with van der Waals surface area (Å²) in [6.45, 7) is 30.3. The highest BCUT2D eigenvalue weighted by molar-refractivity contribution is 6.74. The predicted octanol–water partition coefficient (Wildman–Crippen LogP) is 9.31. The lowest BCUT2D eigenvalue weighted by Gasteiger charge is -2.50. The Morgan fingerprint density at radius 3 is 2.00 bits per heavy atom. The normalized spacial score (nSPS) is 24.6. The minimum atomic E-state index is -1.97. The Kier molecular flexibility index (Phi) is 8.36. The van der Waals surface area contributed by atoms with Crippen molar-refractivity contribution in [1.82, 2.24) is 0 Å². The molecule has 0 unspecified atom stereocenters. The van der Waals surface area contributed by atoms with Gasteiger partial charge in [0.25, 0.3) is 0 Å². The molecule has 7 heteroatoms. The van der Waals surface area contributed by atoms with E-state index in [1.807, 2.05) is 12.1 Å². The zero-order chi connectivity index (χ0) is 28.9. The Hall–Kier alpha value is -1.42. The van der Waals surface area contributed by atoms with Gasteiger partial charge in [-0.25, -0.2) is 4.79 Å². The van der Waals surface area contributed by atoms with Crippen molar-refractivity contribution in [3.05, 3.63) is 46.5 Å². The summed E-state index contributed by atoms with van der Waals surface area (Å²) in [4.78, 5) is 12.9. The number of rotatable bonds is 7. The number of benzene rings is 1. The van der Waals surface area contributed by atoms with E-state index in [1.54, 1.807) is 0 Å². The molecule has 0 amide bonds. The van der Waals surface area contributed by atoms with E-state index in [0.717, 1.165) is 17.5 Å². The van der Waals surface area contributed by atoms with E-state index in [9.17, 15) is 4.79 Å². The number of cyclic esters (lactones) is 1. The first-order valence-electron chi connectivity index (χ1n) is 14.1. The van der Waals surface area contributed by atoms with Gasteiger partial charge in [0, 0.05) is 11.0 Å². The van der Waals surface area contributed by atoms with Crippen LogP contribution in [0.2, 0.25) is 36.3 Å². The third-order valence-corrected chi connectivity index (χ3v) is 19.2. The lowest BCUT2D eigenvalue weighted by molar-refractivity contribution is -0.0722. The van der Waals surface area contributed by atoms with Crippen molar-refractivity contribution in [1.29, 1.82) is 0 Å². The highest BCUT2D eigenvalue weighted by atomic mass is 28.4. The van der Waals surface area contributed by atoms with E-state index in [1.165, 1.54) is 11.1 Å². The number of ether oxygens (including phenoxy) is 2. The molecule has 1 heterocycles. The van der Waals surface area contributed by atoms with Crippen LogP contribution in [-0.2, 0) is 24.9 Å². The quantitative estimate of drug-likeness (QED) is 0.189. The highest BCUT2D eigenvalue weighted by Crippen LogP contribution is 2.59. The van der Waals surface area contributed by atoms with Gasteiger partial charge in [-0.3, -0.25) is 0 Å². The standard InChI is InChI=1S/C31H52O5Si2/c1-22-18-19-31(30(8,9)25(22)21-34-38(12,13)29(5,6)7)26(35-27(32)36-31)24-17-15-14-16-23(24)20-33-37(10,11)28(2,3)4/h14-17,26H,18-21H2,1-13H3/t26-,31+/m0/s1. The van der Waals surface area contributed by atoms with Crippen LogP contribution in [0.15, 0.2) is 35.4 Å². The third-order valence-electron chi connectivity index (χ3n) is 10.2. The molecule has 0 saturated carbocycles. The molecule has 0 radical (unpaired) electrons. The molecule has 1 fully saturated rings. The van der Waals surface area contributed by atoms with Crippen LogP contribution < -0.4 is 0 Å². The molecule has 0 aromatic heterocycles. The number of carbonyl (C=O) groups excluding carboxylic acids is 1. The van der Waals surface area contributed by atoms with E-state index >= 15 is 0 Å². The number of allylic oxidation sites excluding steroid dienone is 1. The molecule has 1 aliphatic heterocycles. The van der Waals surface area contributed by atoms with E-state index in [-0.39, 0.29) is 10.1 Å². The SMILES string of the molecule is CC1=C(CO[Si](C)(C)C(C)(C)C)C(C)(C)[C@]2(CC1)OC(=O)O[C@H]2c1ccccc1CO[Si](C)(C)C(C)(C)C. The summed E-state index contributed by atoms with van der Waals surface area (Å²) in [5, 5.41) is 0.228. The number of hydrogen-bond acceptors (Lipinski definition) is 5. The van der Waals surface area contributed by atoms with E-state index < -0.39 is 39.9 Å². The van der Waals surface area contributed by atoms with Crippen molar-refractivity contribution in [3.63, 3.8) is 0 Å². The van der Waals surface area contributed by atoms with Gasteiger partial charge >= 0.3 is 6.16 Å². The molecule has 2 aliphatic rings. The van der Waals surface area contributed by atoms with Gasteiger partial charge in [-0.05, 0) is 67.2 Å². The molecule has 0 N–H and O–H groups in total. The zero-order valence-corrected chi connectivity index (χ0v) is 28.3. The first kappa shape index (κ1) is 31.1. The fraction of sp³-hybridized carbons (Fsp3) is 0.710. The average molecular weight is 561 g/mol. The Labute approximate surface area is 233 Å². The Balaban J connectivity index is 2.00. The third kappa shape index (κ3) is 5.58. The van der Waals surface area contributed by atoms with Crippen molar-refractivity contribution in [2.24, 2.45) is 5.41 Å². The minimum Gasteiger partial charge on any atom is -0.422 e. The highest BCUT2D eigenvalue weighted by Gasteiger charge is 2.63. The summed E-state index contributed by atoms with van der Waals surface area (Å²) >= 11 is 0. The molecular weight excluding hydrogens is 509 g/mol. The van der Waals surface area contributed by atoms with E-state index in [4.69, 9.17) is 18.3 Å². The van der Waals surface area contributed by atoms with Crippen molar-refractivity contribution >= 4 is 22.8 Å². The molecular formula is C31H52O5Si2. The molecule has 1 saturated heterocycles. The van der Waals surface area contributed by atoms with Crippen LogP contribution in [0.5, 0.6) is 0 Å². The second kappa shape index (κ2) is 10.2. The number of hydrogen-bond donors (Lipinski definition) is 0. The van der Waals surface area contributed by atoms with Gasteiger partial charge in [-0.1, -0.05) is 85.2 Å². The maximum atomic E-state index is 12.9. The van der Waals surface area contributed by atoms with E-state index in [2.05, 4.69) is 101 Å². The summed E-state index contributed by atoms with van der Waals surface area (Å²) in [7, 11) is -3.93. The van der Waals surface area contributed by atoms with Gasteiger partial charge in [0.05, 0.1) is 13.2 Å². The second-order valence-electron chi connectivity index (χ2n) is 14.9. The van der Waals surface area contributed by atoms with Crippen LogP contribution in [0, 0.1) is 5.41 Å². The molecule has 38 heavy (non-hydrogen) atoms. The molecule has 1 spiro atoms. The van der Waals surface area contributed by atoms with Gasteiger partial charge in [0.2, 0.25) is 0 Å². The van der Waals surface area contributed by atoms with Gasteiger partial charge in [-0.15, -0.1) is 0 Å². The first-order valence-corrected chi connectivity index (χ1v) is 19.9. The zero-order valence-electron chi connectivity index (χ0n) is 26.3. The van der Waals surface area contributed by atoms with Crippen molar-refractivity contribution < 1.29 is 23.1 Å². The maximum Gasteiger partial charge on any atom is 0.509 e. The van der Waals surface area contributed by atoms with Crippen molar-refractivity contribution in [3.8, 4) is 0 Å². The van der Waals surface area contributed by atoms with Crippen LogP contribution >= 0.6 is 0 Å². The van der Waals surface area contributed by atoms with Gasteiger partial charge in [0.15, 0.2) is 28.3 Å². The molecule has 2 atom stereocenters. The minimum absolute atomic E-state index is 0.110. The lowest BCUT2D eigenvalue weighted by Crippen LogP contribution is -2.53. The van der Waals surface area contributed by atoms with Crippen LogP contribution in [0.3, 0.4) is 0 Å². The van der Waals surface area contributed by atoms with Crippen LogP contribution in [0.1, 0.15) is 92.4 Å². The summed E-state index contributed by atoms with van der Waals surface area (Å²) in [6, 6.07) is 8.22. The summed E-state index contributed by atoms with van der Waals surface area (Å²) < 4.78 is 25.6. The van der Waals surface area contributed by atoms with Crippen molar-refractivity contribution in [2.75, 3.05) is 6.61 Å². The summed E-state index contributed by atoms with van der Waals surface area (Å²) in [5.41, 5.74) is 3.31. The topological polar surface area (TPSA) is 54.0 Å². The largest absolute Gasteiger partial charge is 0.509 e. The molecule has 5 nitrogen and oxygen atoms in total. The lowest BCUT2D eigenvalue weighted by atomic mass is 9.59. The molecule has 0 bridgehead atoms. The molecule has 214 valence electrons. The van der Waals surface area contributed by atoms with Crippen LogP contribution in [-0.4, -0.2) is 35.0 Å². The fourth-order valence-electron chi connectivity index (χ4n) is 5.16. The summed E-state index contributed by atoms with van der Waals surface area (Å²) in [5.74, 6) is 0. The van der Waals surface area contributed by atoms with Crippen LogP contribution in [0.25, 0.3) is 0 Å². The monoisotopic (exact) mass is 560 g/mol. The number of carbonyl (C=O) groups is 1. The Morgan fingerprint density at radius 2 is 1.45 bits per heavy atom. The van der Waals surface area contributed by atoms with Gasteiger partial charge in [0.1, 0.15) is 0 Å². The average Bonchev–Trinajstić information content (AvgIpc) is 3.11. The molecule has 1 aromatic carbocycles. The van der Waals surface area contributed by atoms with Crippen LogP contribution in [0.4, 0.5) is 4.79 Å². The molecule has 1 aliphatic carbocycles. The first-order chi connectivity index (χ1) is 17.2. The second-order valence-corrected chi connectivity index (χ2v) is 24.5.